The maximum atomic E-state index is 11.8. The Balaban J connectivity index is 1.66. The summed E-state index contributed by atoms with van der Waals surface area (Å²) >= 11 is 0. The van der Waals surface area contributed by atoms with Crippen LogP contribution >= 0.6 is 0 Å². The normalized spacial score (nSPS) is 28.5. The van der Waals surface area contributed by atoms with Crippen LogP contribution in [0.2, 0.25) is 0 Å². The lowest BCUT2D eigenvalue weighted by Gasteiger charge is -2.34. The van der Waals surface area contributed by atoms with E-state index in [2.05, 4.69) is 10.2 Å². The molecule has 1 amide bonds. The second-order valence-corrected chi connectivity index (χ2v) is 5.37. The third-order valence-electron chi connectivity index (χ3n) is 4.01. The van der Waals surface area contributed by atoms with Crippen molar-refractivity contribution in [3.63, 3.8) is 0 Å². The lowest BCUT2D eigenvalue weighted by atomic mass is 10.0. The quantitative estimate of drug-likeness (QED) is 0.725. The van der Waals surface area contributed by atoms with Crippen molar-refractivity contribution in [1.29, 1.82) is 0 Å². The van der Waals surface area contributed by atoms with Crippen LogP contribution in [0.15, 0.2) is 0 Å². The first-order valence-electron chi connectivity index (χ1n) is 7.46. The van der Waals surface area contributed by atoms with Crippen molar-refractivity contribution in [1.82, 2.24) is 10.2 Å². The molecule has 2 rings (SSSR count). The van der Waals surface area contributed by atoms with Crippen molar-refractivity contribution < 1.29 is 14.3 Å². The zero-order valence-electron chi connectivity index (χ0n) is 11.9. The number of amides is 1. The van der Waals surface area contributed by atoms with Gasteiger partial charge < -0.3 is 14.8 Å². The summed E-state index contributed by atoms with van der Waals surface area (Å²) in [6, 6.07) is 0.0325. The van der Waals surface area contributed by atoms with E-state index < -0.39 is 0 Å². The van der Waals surface area contributed by atoms with Crippen LogP contribution in [-0.2, 0) is 14.3 Å². The minimum absolute atomic E-state index is 0.0325. The molecule has 0 bridgehead atoms. The molecule has 2 fully saturated rings. The van der Waals surface area contributed by atoms with Crippen LogP contribution in [0.1, 0.15) is 32.1 Å². The molecule has 0 aromatic carbocycles. The third kappa shape index (κ3) is 4.44. The fourth-order valence-electron chi connectivity index (χ4n) is 2.89. The predicted molar refractivity (Wildman–Crippen MR) is 73.1 cm³/mol. The highest BCUT2D eigenvalue weighted by Crippen LogP contribution is 2.17. The summed E-state index contributed by atoms with van der Waals surface area (Å²) in [6.45, 7) is 4.09. The smallest absolute Gasteiger partial charge is 0.237 e. The Labute approximate surface area is 115 Å². The zero-order chi connectivity index (χ0) is 13.5. The van der Waals surface area contributed by atoms with E-state index >= 15 is 0 Å². The third-order valence-corrected chi connectivity index (χ3v) is 4.01. The van der Waals surface area contributed by atoms with Gasteiger partial charge in [-0.1, -0.05) is 6.42 Å². The standard InChI is InChI=1S/C14H26N2O3/c1-15-14(17)13-6-2-3-7-16(13)8-10-18-11-12-5-4-9-19-12/h12-13H,2-11H2,1H3,(H,15,17)/t12-,13-/m1/s1. The number of rotatable bonds is 6. The molecule has 0 radical (unpaired) electrons. The van der Waals surface area contributed by atoms with Crippen molar-refractivity contribution in [3.8, 4) is 0 Å². The van der Waals surface area contributed by atoms with Crippen molar-refractivity contribution in [3.05, 3.63) is 0 Å². The molecular weight excluding hydrogens is 244 g/mol. The SMILES string of the molecule is CNC(=O)[C@H]1CCCCN1CCOC[C@H]1CCCO1. The Morgan fingerprint density at radius 1 is 1.37 bits per heavy atom. The largest absolute Gasteiger partial charge is 0.377 e. The Morgan fingerprint density at radius 2 is 2.26 bits per heavy atom. The van der Waals surface area contributed by atoms with E-state index in [1.807, 2.05) is 0 Å². The fourth-order valence-corrected chi connectivity index (χ4v) is 2.89. The van der Waals surface area contributed by atoms with E-state index in [-0.39, 0.29) is 18.1 Å². The number of hydrogen-bond donors (Lipinski definition) is 1. The summed E-state index contributed by atoms with van der Waals surface area (Å²) in [7, 11) is 1.71. The first kappa shape index (κ1) is 14.8. The lowest BCUT2D eigenvalue weighted by Crippen LogP contribution is -2.49. The molecule has 0 aromatic rings. The van der Waals surface area contributed by atoms with Crippen molar-refractivity contribution >= 4 is 5.91 Å². The van der Waals surface area contributed by atoms with Gasteiger partial charge in [-0.3, -0.25) is 9.69 Å². The topological polar surface area (TPSA) is 50.8 Å². The number of nitrogens with zero attached hydrogens (tertiary/aromatic N) is 1. The maximum absolute atomic E-state index is 11.8. The molecule has 110 valence electrons. The van der Waals surface area contributed by atoms with Crippen molar-refractivity contribution in [2.24, 2.45) is 0 Å². The van der Waals surface area contributed by atoms with Gasteiger partial charge in [0.15, 0.2) is 0 Å². The number of nitrogens with one attached hydrogen (secondary N) is 1. The van der Waals surface area contributed by atoms with Crippen LogP contribution in [0.25, 0.3) is 0 Å². The molecule has 2 heterocycles. The Hall–Kier alpha value is -0.650. The fraction of sp³-hybridized carbons (Fsp3) is 0.929. The summed E-state index contributed by atoms with van der Waals surface area (Å²) in [5.74, 6) is 0.138. The molecule has 2 aliphatic rings. The molecule has 1 N–H and O–H groups in total. The number of carbonyl (C=O) groups excluding carboxylic acids is 1. The van der Waals surface area contributed by atoms with E-state index in [1.165, 1.54) is 6.42 Å². The monoisotopic (exact) mass is 270 g/mol. The van der Waals surface area contributed by atoms with Crippen LogP contribution in [0.4, 0.5) is 0 Å². The average molecular weight is 270 g/mol. The lowest BCUT2D eigenvalue weighted by molar-refractivity contribution is -0.127. The molecular formula is C14H26N2O3. The number of ether oxygens (including phenoxy) is 2. The minimum atomic E-state index is 0.0325. The second kappa shape index (κ2) is 7.82. The Bertz CT molecular complexity index is 280. The van der Waals surface area contributed by atoms with E-state index in [9.17, 15) is 4.79 Å². The average Bonchev–Trinajstić information content (AvgIpc) is 2.96. The minimum Gasteiger partial charge on any atom is -0.377 e. The van der Waals surface area contributed by atoms with Gasteiger partial charge in [-0.05, 0) is 32.2 Å². The predicted octanol–water partition coefficient (Wildman–Crippen LogP) is 0.783. The molecule has 5 nitrogen and oxygen atoms in total. The second-order valence-electron chi connectivity index (χ2n) is 5.37. The molecule has 2 saturated heterocycles. The molecule has 2 atom stereocenters. The van der Waals surface area contributed by atoms with Gasteiger partial charge in [-0.25, -0.2) is 0 Å². The van der Waals surface area contributed by atoms with Crippen LogP contribution in [0, 0.1) is 0 Å². The number of piperidine rings is 1. The summed E-state index contributed by atoms with van der Waals surface area (Å²) in [4.78, 5) is 14.1. The van der Waals surface area contributed by atoms with E-state index in [0.29, 0.717) is 13.2 Å². The zero-order valence-corrected chi connectivity index (χ0v) is 11.9. The molecule has 0 spiro atoms. The van der Waals surface area contributed by atoms with Gasteiger partial charge in [0, 0.05) is 20.2 Å². The van der Waals surface area contributed by atoms with E-state index in [1.54, 1.807) is 7.05 Å². The Morgan fingerprint density at radius 3 is 3.00 bits per heavy atom. The molecule has 0 unspecified atom stereocenters. The number of hydrogen-bond acceptors (Lipinski definition) is 4. The molecule has 0 saturated carbocycles. The number of likely N-dealkylation sites (N-methyl/N-ethyl adjacent to an activating group) is 1. The summed E-state index contributed by atoms with van der Waals surface area (Å²) in [5.41, 5.74) is 0. The van der Waals surface area contributed by atoms with Crippen LogP contribution in [0.5, 0.6) is 0 Å². The summed E-state index contributed by atoms with van der Waals surface area (Å²) < 4.78 is 11.2. The number of carbonyl (C=O) groups is 1. The van der Waals surface area contributed by atoms with E-state index in [4.69, 9.17) is 9.47 Å². The van der Waals surface area contributed by atoms with E-state index in [0.717, 1.165) is 45.4 Å². The first-order valence-corrected chi connectivity index (χ1v) is 7.46. The molecule has 5 heteroatoms. The first-order chi connectivity index (χ1) is 9.31. The van der Waals surface area contributed by atoms with Gasteiger partial charge in [0.1, 0.15) is 0 Å². The van der Waals surface area contributed by atoms with Gasteiger partial charge in [0.2, 0.25) is 5.91 Å². The van der Waals surface area contributed by atoms with Crippen LogP contribution in [0.3, 0.4) is 0 Å². The highest BCUT2D eigenvalue weighted by atomic mass is 16.5. The highest BCUT2D eigenvalue weighted by Gasteiger charge is 2.27. The maximum Gasteiger partial charge on any atom is 0.237 e. The van der Waals surface area contributed by atoms with Gasteiger partial charge in [0.25, 0.3) is 0 Å². The molecule has 0 aliphatic carbocycles. The molecule has 19 heavy (non-hydrogen) atoms. The van der Waals surface area contributed by atoms with Gasteiger partial charge in [-0.15, -0.1) is 0 Å². The Kier molecular flexibility index (Phi) is 6.07. The van der Waals surface area contributed by atoms with Gasteiger partial charge >= 0.3 is 0 Å². The van der Waals surface area contributed by atoms with Crippen molar-refractivity contribution in [2.75, 3.05) is 40.0 Å². The summed E-state index contributed by atoms with van der Waals surface area (Å²) in [5, 5.41) is 2.76. The molecule has 0 aromatic heterocycles. The van der Waals surface area contributed by atoms with Gasteiger partial charge in [-0.2, -0.15) is 0 Å². The van der Waals surface area contributed by atoms with Gasteiger partial charge in [0.05, 0.1) is 25.4 Å². The van der Waals surface area contributed by atoms with Crippen LogP contribution in [-0.4, -0.2) is 62.9 Å². The van der Waals surface area contributed by atoms with Crippen molar-refractivity contribution in [2.45, 2.75) is 44.2 Å². The number of likely N-dealkylation sites (tertiary alicyclic amines) is 1. The summed E-state index contributed by atoms with van der Waals surface area (Å²) in [6.07, 6.45) is 5.84. The molecule has 2 aliphatic heterocycles. The highest BCUT2D eigenvalue weighted by molar-refractivity contribution is 5.81. The van der Waals surface area contributed by atoms with Crippen LogP contribution < -0.4 is 5.32 Å².